The predicted molar refractivity (Wildman–Crippen MR) is 66.2 cm³/mol. The molecule has 0 saturated carbocycles. The van der Waals surface area contributed by atoms with Gasteiger partial charge >= 0.3 is 0 Å². The zero-order chi connectivity index (χ0) is 11.8. The van der Waals surface area contributed by atoms with Crippen LogP contribution >= 0.6 is 15.9 Å². The van der Waals surface area contributed by atoms with E-state index in [9.17, 15) is 13.5 Å². The van der Waals surface area contributed by atoms with Crippen LogP contribution in [-0.2, 0) is 9.84 Å². The Morgan fingerprint density at radius 1 is 1.31 bits per heavy atom. The molecule has 0 amide bonds. The lowest BCUT2D eigenvalue weighted by atomic mass is 10.2. The van der Waals surface area contributed by atoms with Crippen molar-refractivity contribution < 1.29 is 13.5 Å². The van der Waals surface area contributed by atoms with Gasteiger partial charge in [-0.05, 0) is 28.1 Å². The van der Waals surface area contributed by atoms with Gasteiger partial charge in [0.1, 0.15) is 0 Å². The van der Waals surface area contributed by atoms with E-state index in [1.807, 2.05) is 24.3 Å². The fourth-order valence-corrected chi connectivity index (χ4v) is 3.89. The molecule has 2 unspecified atom stereocenters. The minimum atomic E-state index is -3.11. The summed E-state index contributed by atoms with van der Waals surface area (Å²) >= 11 is 3.36. The topological polar surface area (TPSA) is 66.4 Å². The molecule has 2 N–H and O–H groups in total. The molecule has 1 saturated heterocycles. The van der Waals surface area contributed by atoms with Crippen LogP contribution in [-0.4, -0.2) is 37.2 Å². The molecule has 4 nitrogen and oxygen atoms in total. The Balaban J connectivity index is 2.15. The van der Waals surface area contributed by atoms with E-state index in [0.717, 1.165) is 10.2 Å². The lowest BCUT2D eigenvalue weighted by Gasteiger charge is -2.17. The number of hydrogen-bond acceptors (Lipinski definition) is 4. The minimum absolute atomic E-state index is 0.0184. The average Bonchev–Trinajstić information content (AvgIpc) is 2.44. The van der Waals surface area contributed by atoms with Crippen molar-refractivity contribution in [3.05, 3.63) is 28.7 Å². The van der Waals surface area contributed by atoms with Gasteiger partial charge in [-0.25, -0.2) is 8.42 Å². The van der Waals surface area contributed by atoms with Gasteiger partial charge in [0.2, 0.25) is 0 Å². The van der Waals surface area contributed by atoms with Crippen LogP contribution in [0.1, 0.15) is 0 Å². The number of nitrogens with one attached hydrogen (secondary N) is 1. The van der Waals surface area contributed by atoms with E-state index in [4.69, 9.17) is 0 Å². The molecule has 0 aliphatic carbocycles. The van der Waals surface area contributed by atoms with Crippen LogP contribution < -0.4 is 5.32 Å². The number of rotatable bonds is 2. The number of hydrogen-bond donors (Lipinski definition) is 2. The van der Waals surface area contributed by atoms with Gasteiger partial charge in [0.05, 0.1) is 23.7 Å². The maximum Gasteiger partial charge on any atom is 0.155 e. The van der Waals surface area contributed by atoms with Crippen molar-refractivity contribution in [1.29, 1.82) is 0 Å². The third-order valence-corrected chi connectivity index (χ3v) is 4.95. The smallest absolute Gasteiger partial charge is 0.155 e. The quantitative estimate of drug-likeness (QED) is 0.856. The molecule has 0 radical (unpaired) electrons. The van der Waals surface area contributed by atoms with Crippen LogP contribution in [0.3, 0.4) is 0 Å². The standard InChI is InChI=1S/C10H12BrNO3S/c11-7-3-1-2-4-8(7)12-9-5-16(14,15)6-10(9)13/h1-4,9-10,12-13H,5-6H2. The van der Waals surface area contributed by atoms with Gasteiger partial charge in [-0.3, -0.25) is 0 Å². The molecule has 0 bridgehead atoms. The fraction of sp³-hybridized carbons (Fsp3) is 0.400. The Bertz CT molecular complexity index is 489. The normalized spacial score (nSPS) is 27.9. The summed E-state index contributed by atoms with van der Waals surface area (Å²) in [5.74, 6) is -0.176. The van der Waals surface area contributed by atoms with Crippen molar-refractivity contribution in [2.75, 3.05) is 16.8 Å². The summed E-state index contributed by atoms with van der Waals surface area (Å²) in [6.45, 7) is 0. The number of benzene rings is 1. The zero-order valence-corrected chi connectivity index (χ0v) is 10.8. The Hall–Kier alpha value is -0.590. The van der Waals surface area contributed by atoms with Crippen molar-refractivity contribution in [1.82, 2.24) is 0 Å². The second kappa shape index (κ2) is 4.35. The molecule has 88 valence electrons. The van der Waals surface area contributed by atoms with Crippen LogP contribution in [0, 0.1) is 0 Å². The maximum absolute atomic E-state index is 11.3. The first-order valence-electron chi connectivity index (χ1n) is 4.87. The van der Waals surface area contributed by atoms with Gasteiger partial charge in [0.25, 0.3) is 0 Å². The van der Waals surface area contributed by atoms with Gasteiger partial charge in [0, 0.05) is 10.2 Å². The largest absolute Gasteiger partial charge is 0.390 e. The highest BCUT2D eigenvalue weighted by atomic mass is 79.9. The third kappa shape index (κ3) is 2.56. The number of aliphatic hydroxyl groups excluding tert-OH is 1. The van der Waals surface area contributed by atoms with E-state index in [2.05, 4.69) is 21.2 Å². The molecular weight excluding hydrogens is 294 g/mol. The molecule has 16 heavy (non-hydrogen) atoms. The van der Waals surface area contributed by atoms with E-state index in [-0.39, 0.29) is 11.5 Å². The summed E-state index contributed by atoms with van der Waals surface area (Å²) in [5, 5.41) is 12.7. The molecule has 0 spiro atoms. The van der Waals surface area contributed by atoms with Crippen LogP contribution in [0.2, 0.25) is 0 Å². The highest BCUT2D eigenvalue weighted by molar-refractivity contribution is 9.10. The number of sulfone groups is 1. The minimum Gasteiger partial charge on any atom is -0.390 e. The summed E-state index contributed by atoms with van der Waals surface area (Å²) in [4.78, 5) is 0. The molecule has 1 aromatic rings. The van der Waals surface area contributed by atoms with Crippen LogP contribution in [0.4, 0.5) is 5.69 Å². The summed E-state index contributed by atoms with van der Waals surface area (Å²) in [7, 11) is -3.11. The highest BCUT2D eigenvalue weighted by Crippen LogP contribution is 2.24. The molecule has 2 rings (SSSR count). The number of halogens is 1. The van der Waals surface area contributed by atoms with Crippen molar-refractivity contribution in [2.45, 2.75) is 12.1 Å². The van der Waals surface area contributed by atoms with E-state index < -0.39 is 22.0 Å². The van der Waals surface area contributed by atoms with Crippen molar-refractivity contribution in [3.8, 4) is 0 Å². The monoisotopic (exact) mass is 305 g/mol. The molecule has 6 heteroatoms. The molecular formula is C10H12BrNO3S. The van der Waals surface area contributed by atoms with E-state index in [0.29, 0.717) is 0 Å². The maximum atomic E-state index is 11.3. The third-order valence-electron chi connectivity index (χ3n) is 2.54. The van der Waals surface area contributed by atoms with E-state index >= 15 is 0 Å². The average molecular weight is 306 g/mol. The van der Waals surface area contributed by atoms with E-state index in [1.54, 1.807) is 0 Å². The Morgan fingerprint density at radius 2 is 2.00 bits per heavy atom. The first-order chi connectivity index (χ1) is 7.48. The van der Waals surface area contributed by atoms with Gasteiger partial charge in [-0.1, -0.05) is 12.1 Å². The lowest BCUT2D eigenvalue weighted by Crippen LogP contribution is -2.31. The zero-order valence-electron chi connectivity index (χ0n) is 8.43. The Morgan fingerprint density at radius 3 is 2.56 bits per heavy atom. The van der Waals surface area contributed by atoms with Crippen molar-refractivity contribution >= 4 is 31.5 Å². The SMILES string of the molecule is O=S1(=O)CC(O)C(Nc2ccccc2Br)C1. The van der Waals surface area contributed by atoms with Crippen LogP contribution in [0.15, 0.2) is 28.7 Å². The van der Waals surface area contributed by atoms with Gasteiger partial charge in [-0.15, -0.1) is 0 Å². The van der Waals surface area contributed by atoms with Gasteiger partial charge in [-0.2, -0.15) is 0 Å². The van der Waals surface area contributed by atoms with Crippen LogP contribution in [0.5, 0.6) is 0 Å². The second-order valence-electron chi connectivity index (χ2n) is 3.87. The molecule has 1 aliphatic rings. The molecule has 1 fully saturated rings. The Labute approximate surface area is 103 Å². The molecule has 1 heterocycles. The highest BCUT2D eigenvalue weighted by Gasteiger charge is 2.36. The van der Waals surface area contributed by atoms with E-state index in [1.165, 1.54) is 0 Å². The van der Waals surface area contributed by atoms with Crippen molar-refractivity contribution in [2.24, 2.45) is 0 Å². The van der Waals surface area contributed by atoms with Gasteiger partial charge in [0.15, 0.2) is 9.84 Å². The number of para-hydroxylation sites is 1. The summed E-state index contributed by atoms with van der Waals surface area (Å²) < 4.78 is 23.5. The van der Waals surface area contributed by atoms with Gasteiger partial charge < -0.3 is 10.4 Å². The first kappa shape index (κ1) is 11.9. The number of anilines is 1. The van der Waals surface area contributed by atoms with Crippen LogP contribution in [0.25, 0.3) is 0 Å². The Kier molecular flexibility index (Phi) is 3.23. The van der Waals surface area contributed by atoms with Crippen molar-refractivity contribution in [3.63, 3.8) is 0 Å². The summed E-state index contributed by atoms with van der Waals surface area (Å²) in [6, 6.07) is 6.99. The molecule has 0 aromatic heterocycles. The summed E-state index contributed by atoms with van der Waals surface area (Å²) in [5.41, 5.74) is 0.795. The molecule has 2 atom stereocenters. The first-order valence-corrected chi connectivity index (χ1v) is 7.49. The molecule has 1 aliphatic heterocycles. The predicted octanol–water partition coefficient (Wildman–Crippen LogP) is 1.02. The second-order valence-corrected chi connectivity index (χ2v) is 6.88. The fourth-order valence-electron chi connectivity index (χ4n) is 1.74. The number of aliphatic hydroxyl groups is 1. The lowest BCUT2D eigenvalue weighted by molar-refractivity contribution is 0.190. The summed E-state index contributed by atoms with van der Waals surface area (Å²) in [6.07, 6.45) is -0.836. The molecule has 1 aromatic carbocycles.